The van der Waals surface area contributed by atoms with Crippen molar-refractivity contribution in [2.75, 3.05) is 6.61 Å². The highest BCUT2D eigenvalue weighted by molar-refractivity contribution is 7.12. The molecule has 6 nitrogen and oxygen atoms in total. The lowest BCUT2D eigenvalue weighted by atomic mass is 9.89. The SMILES string of the molecule is Cc1ccc([C@@H]2O[C@H](CO)[C@@H](O)[C@H](O)[C@H]2O)cc1Cc1ccc(C#N)s1. The number of aliphatic hydroxyl groups is 4. The van der Waals surface area contributed by atoms with Gasteiger partial charge in [0.15, 0.2) is 0 Å². The molecule has 1 fully saturated rings. The zero-order valence-electron chi connectivity index (χ0n) is 14.2. The first kappa shape index (κ1) is 19.0. The molecule has 1 aliphatic heterocycles. The van der Waals surface area contributed by atoms with Crippen LogP contribution in [0.4, 0.5) is 0 Å². The van der Waals surface area contributed by atoms with Gasteiger partial charge in [0.05, 0.1) is 6.61 Å². The predicted octanol–water partition coefficient (Wildman–Crippen LogP) is 1.03. The van der Waals surface area contributed by atoms with E-state index in [9.17, 15) is 20.4 Å². The van der Waals surface area contributed by atoms with Crippen molar-refractivity contribution in [1.29, 1.82) is 5.26 Å². The lowest BCUT2D eigenvalue weighted by molar-refractivity contribution is -0.231. The third-order valence-electron chi connectivity index (χ3n) is 4.73. The molecule has 26 heavy (non-hydrogen) atoms. The average Bonchev–Trinajstić information content (AvgIpc) is 3.10. The molecule has 1 aliphatic rings. The molecule has 0 unspecified atom stereocenters. The van der Waals surface area contributed by atoms with E-state index in [1.165, 1.54) is 11.3 Å². The molecule has 1 aromatic carbocycles. The van der Waals surface area contributed by atoms with Gasteiger partial charge in [-0.15, -0.1) is 11.3 Å². The summed E-state index contributed by atoms with van der Waals surface area (Å²) in [5, 5.41) is 48.5. The summed E-state index contributed by atoms with van der Waals surface area (Å²) >= 11 is 1.44. The fourth-order valence-electron chi connectivity index (χ4n) is 3.16. The zero-order chi connectivity index (χ0) is 18.8. The smallest absolute Gasteiger partial charge is 0.113 e. The van der Waals surface area contributed by atoms with Crippen LogP contribution in [0.15, 0.2) is 30.3 Å². The van der Waals surface area contributed by atoms with Crippen molar-refractivity contribution in [3.8, 4) is 6.07 Å². The lowest BCUT2D eigenvalue weighted by Gasteiger charge is -2.40. The largest absolute Gasteiger partial charge is 0.394 e. The van der Waals surface area contributed by atoms with E-state index in [0.29, 0.717) is 16.9 Å². The van der Waals surface area contributed by atoms with Crippen LogP contribution < -0.4 is 0 Å². The van der Waals surface area contributed by atoms with Crippen molar-refractivity contribution in [3.05, 3.63) is 56.8 Å². The minimum atomic E-state index is -1.40. The monoisotopic (exact) mass is 375 g/mol. The number of hydrogen-bond donors (Lipinski definition) is 4. The Morgan fingerprint density at radius 2 is 1.88 bits per heavy atom. The molecule has 7 heteroatoms. The van der Waals surface area contributed by atoms with Gasteiger partial charge in [0, 0.05) is 11.3 Å². The molecule has 4 N–H and O–H groups in total. The Morgan fingerprint density at radius 1 is 1.12 bits per heavy atom. The van der Waals surface area contributed by atoms with Crippen molar-refractivity contribution in [2.24, 2.45) is 0 Å². The fraction of sp³-hybridized carbons (Fsp3) is 0.421. The number of nitriles is 1. The molecular weight excluding hydrogens is 354 g/mol. The Balaban J connectivity index is 1.87. The molecule has 2 heterocycles. The lowest BCUT2D eigenvalue weighted by Crippen LogP contribution is -2.55. The number of thiophene rings is 1. The Kier molecular flexibility index (Phi) is 5.73. The van der Waals surface area contributed by atoms with Crippen LogP contribution in [0.5, 0.6) is 0 Å². The van der Waals surface area contributed by atoms with Gasteiger partial charge in [-0.25, -0.2) is 0 Å². The molecule has 0 spiro atoms. The molecule has 5 atom stereocenters. The van der Waals surface area contributed by atoms with Crippen LogP contribution in [0.3, 0.4) is 0 Å². The van der Waals surface area contributed by atoms with Crippen molar-refractivity contribution in [1.82, 2.24) is 0 Å². The van der Waals surface area contributed by atoms with E-state index in [1.54, 1.807) is 12.1 Å². The highest BCUT2D eigenvalue weighted by atomic mass is 32.1. The van der Waals surface area contributed by atoms with E-state index >= 15 is 0 Å². The number of benzene rings is 1. The number of rotatable bonds is 4. The van der Waals surface area contributed by atoms with Gasteiger partial charge in [0.2, 0.25) is 0 Å². The molecule has 3 rings (SSSR count). The first-order valence-corrected chi connectivity index (χ1v) is 9.15. The second kappa shape index (κ2) is 7.84. The van der Waals surface area contributed by atoms with Gasteiger partial charge >= 0.3 is 0 Å². The van der Waals surface area contributed by atoms with Crippen molar-refractivity contribution in [3.63, 3.8) is 0 Å². The Bertz CT molecular complexity index is 813. The average molecular weight is 375 g/mol. The summed E-state index contributed by atoms with van der Waals surface area (Å²) in [5.74, 6) is 0. The second-order valence-electron chi connectivity index (χ2n) is 6.49. The van der Waals surface area contributed by atoms with E-state index in [2.05, 4.69) is 6.07 Å². The molecule has 1 aromatic heterocycles. The van der Waals surface area contributed by atoms with Gasteiger partial charge in [-0.3, -0.25) is 0 Å². The highest BCUT2D eigenvalue weighted by Gasteiger charge is 2.43. The van der Waals surface area contributed by atoms with E-state index < -0.39 is 37.1 Å². The number of nitrogens with zero attached hydrogens (tertiary/aromatic N) is 1. The minimum Gasteiger partial charge on any atom is -0.394 e. The predicted molar refractivity (Wildman–Crippen MR) is 95.7 cm³/mol. The van der Waals surface area contributed by atoms with Crippen molar-refractivity contribution >= 4 is 11.3 Å². The van der Waals surface area contributed by atoms with Gasteiger partial charge in [-0.1, -0.05) is 18.2 Å². The molecule has 0 bridgehead atoms. The minimum absolute atomic E-state index is 0.452. The molecule has 0 saturated carbocycles. The number of aliphatic hydroxyl groups excluding tert-OH is 4. The van der Waals surface area contributed by atoms with Crippen molar-refractivity contribution in [2.45, 2.75) is 43.9 Å². The first-order chi connectivity index (χ1) is 12.4. The van der Waals surface area contributed by atoms with Crippen LogP contribution in [-0.4, -0.2) is 51.4 Å². The standard InChI is InChI=1S/C19H21NO5S/c1-10-2-3-11(6-12(10)7-13-4-5-14(8-20)26-13)19-18(24)17(23)16(22)15(9-21)25-19/h2-6,15-19,21-24H,7,9H2,1H3/t15-,16-,17+,18-,19+/m1/s1. The van der Waals surface area contributed by atoms with E-state index in [4.69, 9.17) is 10.00 Å². The molecular formula is C19H21NO5S. The molecule has 2 aromatic rings. The van der Waals surface area contributed by atoms with E-state index in [0.717, 1.165) is 16.0 Å². The molecule has 0 amide bonds. The van der Waals surface area contributed by atoms with Gasteiger partial charge < -0.3 is 25.2 Å². The zero-order valence-corrected chi connectivity index (χ0v) is 15.1. The van der Waals surface area contributed by atoms with Crippen LogP contribution in [0.25, 0.3) is 0 Å². The first-order valence-electron chi connectivity index (χ1n) is 8.33. The highest BCUT2D eigenvalue weighted by Crippen LogP contribution is 2.33. The van der Waals surface area contributed by atoms with Gasteiger partial charge in [-0.05, 0) is 35.7 Å². The molecule has 1 saturated heterocycles. The fourth-order valence-corrected chi connectivity index (χ4v) is 3.98. The van der Waals surface area contributed by atoms with Crippen molar-refractivity contribution < 1.29 is 25.2 Å². The summed E-state index contributed by atoms with van der Waals surface area (Å²) < 4.78 is 5.63. The maximum atomic E-state index is 10.3. The number of hydrogen-bond acceptors (Lipinski definition) is 7. The number of ether oxygens (including phenoxy) is 1. The third kappa shape index (κ3) is 3.67. The normalized spacial score (nSPS) is 28.7. The maximum Gasteiger partial charge on any atom is 0.113 e. The third-order valence-corrected chi connectivity index (χ3v) is 5.72. The second-order valence-corrected chi connectivity index (χ2v) is 7.66. The molecule has 0 aliphatic carbocycles. The van der Waals surface area contributed by atoms with Crippen LogP contribution in [-0.2, 0) is 11.2 Å². The van der Waals surface area contributed by atoms with E-state index in [-0.39, 0.29) is 0 Å². The topological polar surface area (TPSA) is 114 Å². The summed E-state index contributed by atoms with van der Waals surface area (Å²) in [7, 11) is 0. The Morgan fingerprint density at radius 3 is 2.54 bits per heavy atom. The maximum absolute atomic E-state index is 10.3. The molecule has 138 valence electrons. The van der Waals surface area contributed by atoms with Gasteiger partial charge in [0.1, 0.15) is 41.5 Å². The molecule has 0 radical (unpaired) electrons. The summed E-state index contributed by atoms with van der Waals surface area (Å²) in [6.07, 6.45) is -5.20. The van der Waals surface area contributed by atoms with Gasteiger partial charge in [-0.2, -0.15) is 5.26 Å². The summed E-state index contributed by atoms with van der Waals surface area (Å²) in [6, 6.07) is 11.4. The Hall–Kier alpha value is -1.79. The van der Waals surface area contributed by atoms with E-state index in [1.807, 2.05) is 25.1 Å². The summed E-state index contributed by atoms with van der Waals surface area (Å²) in [6.45, 7) is 1.53. The van der Waals surface area contributed by atoms with Crippen LogP contribution in [0.2, 0.25) is 0 Å². The van der Waals surface area contributed by atoms with Crippen LogP contribution in [0.1, 0.15) is 32.5 Å². The number of aryl methyl sites for hydroxylation is 1. The summed E-state index contributed by atoms with van der Waals surface area (Å²) in [5.41, 5.74) is 2.75. The Labute approximate surface area is 155 Å². The summed E-state index contributed by atoms with van der Waals surface area (Å²) in [4.78, 5) is 1.71. The quantitative estimate of drug-likeness (QED) is 0.635. The van der Waals surface area contributed by atoms with Crippen LogP contribution >= 0.6 is 11.3 Å². The van der Waals surface area contributed by atoms with Gasteiger partial charge in [0.25, 0.3) is 0 Å². The van der Waals surface area contributed by atoms with Crippen LogP contribution in [0, 0.1) is 18.3 Å².